The van der Waals surface area contributed by atoms with Gasteiger partial charge in [0.25, 0.3) is 0 Å². The highest BCUT2D eigenvalue weighted by atomic mass is 32.2. The average Bonchev–Trinajstić information content (AvgIpc) is 2.79. The van der Waals surface area contributed by atoms with Crippen molar-refractivity contribution < 1.29 is 13.2 Å². The second-order valence-corrected chi connectivity index (χ2v) is 10.4. The van der Waals surface area contributed by atoms with Crippen molar-refractivity contribution in [1.82, 2.24) is 14.6 Å². The van der Waals surface area contributed by atoms with E-state index in [9.17, 15) is 18.0 Å². The fourth-order valence-electron chi connectivity index (χ4n) is 4.44. The molecule has 2 heterocycles. The molecule has 0 radical (unpaired) electrons. The van der Waals surface area contributed by atoms with E-state index in [0.717, 1.165) is 19.3 Å². The Labute approximate surface area is 182 Å². The Balaban J connectivity index is 1.41. The molecule has 1 aromatic heterocycles. The summed E-state index contributed by atoms with van der Waals surface area (Å²) in [6.07, 6.45) is 9.22. The van der Waals surface area contributed by atoms with Crippen molar-refractivity contribution in [3.8, 4) is 0 Å². The van der Waals surface area contributed by atoms with Gasteiger partial charge in [-0.05, 0) is 74.6 Å². The summed E-state index contributed by atoms with van der Waals surface area (Å²) in [4.78, 5) is 27.0. The van der Waals surface area contributed by atoms with Crippen LogP contribution in [0.15, 0.2) is 51.7 Å². The molecule has 0 saturated carbocycles. The average molecular weight is 444 g/mol. The van der Waals surface area contributed by atoms with Crippen molar-refractivity contribution in [3.63, 3.8) is 0 Å². The van der Waals surface area contributed by atoms with Gasteiger partial charge in [-0.15, -0.1) is 0 Å². The zero-order valence-corrected chi connectivity index (χ0v) is 18.4. The van der Waals surface area contributed by atoms with Gasteiger partial charge in [-0.2, -0.15) is 4.31 Å². The number of fused-ring (bicyclic) bond motifs is 1. The monoisotopic (exact) mass is 443 g/mol. The van der Waals surface area contributed by atoms with Gasteiger partial charge in [0.05, 0.1) is 10.8 Å². The number of aromatic amines is 1. The Morgan fingerprint density at radius 1 is 1.16 bits per heavy atom. The van der Waals surface area contributed by atoms with Crippen molar-refractivity contribution in [1.29, 1.82) is 0 Å². The number of nitrogens with zero attached hydrogens (tertiary/aromatic N) is 1. The van der Waals surface area contributed by atoms with E-state index in [4.69, 9.17) is 0 Å². The first-order valence-electron chi connectivity index (χ1n) is 11.0. The molecule has 0 bridgehead atoms. The van der Waals surface area contributed by atoms with Crippen LogP contribution in [0.4, 0.5) is 0 Å². The topological polar surface area (TPSA) is 99.3 Å². The quantitative estimate of drug-likeness (QED) is 0.671. The first kappa shape index (κ1) is 21.8. The minimum Gasteiger partial charge on any atom is -0.356 e. The second-order valence-electron chi connectivity index (χ2n) is 8.42. The number of H-pyrrole nitrogens is 1. The number of nitrogens with one attached hydrogen (secondary N) is 2. The normalized spacial score (nSPS) is 20.4. The maximum atomic E-state index is 13.2. The molecule has 31 heavy (non-hydrogen) atoms. The van der Waals surface area contributed by atoms with Crippen molar-refractivity contribution in [2.45, 2.75) is 49.8 Å². The van der Waals surface area contributed by atoms with Gasteiger partial charge in [0.15, 0.2) is 0 Å². The summed E-state index contributed by atoms with van der Waals surface area (Å²) in [6, 6.07) is 7.68. The number of carbonyl (C=O) groups is 1. The van der Waals surface area contributed by atoms with E-state index in [2.05, 4.69) is 16.4 Å². The maximum absolute atomic E-state index is 13.2. The molecular weight excluding hydrogens is 414 g/mol. The van der Waals surface area contributed by atoms with Gasteiger partial charge in [-0.3, -0.25) is 9.59 Å². The predicted molar refractivity (Wildman–Crippen MR) is 120 cm³/mol. The molecule has 166 valence electrons. The molecule has 1 saturated heterocycles. The number of allylic oxidation sites excluding steroid dienone is 1. The lowest BCUT2D eigenvalue weighted by molar-refractivity contribution is -0.126. The third kappa shape index (κ3) is 5.07. The number of sulfonamides is 1. The zero-order chi connectivity index (χ0) is 21.8. The number of piperidine rings is 1. The molecule has 1 aliphatic carbocycles. The standard InChI is InChI=1S/C23H29N3O4S/c27-22-11-8-18-15-20(9-10-21(18)25-22)31(29,30)26-14-4-7-19(16-26)23(28)24-13-12-17-5-2-1-3-6-17/h5,8-11,15,19H,1-4,6-7,12-14,16H2,(H,24,28)(H,25,27)/t19-/m1/s1. The van der Waals surface area contributed by atoms with Crippen molar-refractivity contribution in [2.24, 2.45) is 5.92 Å². The molecule has 1 fully saturated rings. The van der Waals surface area contributed by atoms with Gasteiger partial charge < -0.3 is 10.3 Å². The Morgan fingerprint density at radius 2 is 2.03 bits per heavy atom. The van der Waals surface area contributed by atoms with Gasteiger partial charge in [0, 0.05) is 31.2 Å². The summed E-state index contributed by atoms with van der Waals surface area (Å²) >= 11 is 0. The van der Waals surface area contributed by atoms with Crippen LogP contribution in [0.3, 0.4) is 0 Å². The largest absolute Gasteiger partial charge is 0.356 e. The lowest BCUT2D eigenvalue weighted by Gasteiger charge is -2.31. The predicted octanol–water partition coefficient (Wildman–Crippen LogP) is 2.94. The summed E-state index contributed by atoms with van der Waals surface area (Å²) in [5.41, 5.74) is 1.78. The molecular formula is C23H29N3O4S. The van der Waals surface area contributed by atoms with Crippen molar-refractivity contribution in [2.75, 3.05) is 19.6 Å². The van der Waals surface area contributed by atoms with E-state index in [1.54, 1.807) is 18.2 Å². The van der Waals surface area contributed by atoms with Crippen molar-refractivity contribution in [3.05, 3.63) is 52.3 Å². The first-order chi connectivity index (χ1) is 14.9. The molecule has 7 nitrogen and oxygen atoms in total. The highest BCUT2D eigenvalue weighted by Crippen LogP contribution is 2.26. The lowest BCUT2D eigenvalue weighted by atomic mass is 9.96. The number of benzene rings is 1. The molecule has 1 aromatic carbocycles. The maximum Gasteiger partial charge on any atom is 0.248 e. The number of hydrogen-bond acceptors (Lipinski definition) is 4. The van der Waals surface area contributed by atoms with Crippen LogP contribution < -0.4 is 10.9 Å². The summed E-state index contributed by atoms with van der Waals surface area (Å²) in [7, 11) is -3.72. The van der Waals surface area contributed by atoms with Gasteiger partial charge in [0.2, 0.25) is 21.5 Å². The number of pyridine rings is 1. The molecule has 1 atom stereocenters. The smallest absolute Gasteiger partial charge is 0.248 e. The number of rotatable bonds is 6. The molecule has 4 rings (SSSR count). The summed E-state index contributed by atoms with van der Waals surface area (Å²) in [5.74, 6) is -0.395. The number of amides is 1. The van der Waals surface area contributed by atoms with Crippen LogP contribution in [0, 0.1) is 5.92 Å². The van der Waals surface area contributed by atoms with Gasteiger partial charge in [-0.25, -0.2) is 8.42 Å². The molecule has 1 amide bonds. The Hall–Kier alpha value is -2.45. The molecule has 2 aromatic rings. The first-order valence-corrected chi connectivity index (χ1v) is 12.5. The van der Waals surface area contributed by atoms with E-state index in [1.165, 1.54) is 34.9 Å². The van der Waals surface area contributed by atoms with Crippen LogP contribution in [0.2, 0.25) is 0 Å². The van der Waals surface area contributed by atoms with Gasteiger partial charge in [-0.1, -0.05) is 11.6 Å². The van der Waals surface area contributed by atoms with Crippen LogP contribution >= 0.6 is 0 Å². The molecule has 0 spiro atoms. The molecule has 8 heteroatoms. The molecule has 2 N–H and O–H groups in total. The van der Waals surface area contributed by atoms with Crippen LogP contribution in [-0.4, -0.2) is 43.2 Å². The fourth-order valence-corrected chi connectivity index (χ4v) is 6.00. The lowest BCUT2D eigenvalue weighted by Crippen LogP contribution is -2.45. The van der Waals surface area contributed by atoms with Crippen LogP contribution in [0.1, 0.15) is 44.9 Å². The van der Waals surface area contributed by atoms with Crippen LogP contribution in [0.25, 0.3) is 10.9 Å². The summed E-state index contributed by atoms with van der Waals surface area (Å²) in [6.45, 7) is 1.21. The van der Waals surface area contributed by atoms with Crippen molar-refractivity contribution >= 4 is 26.8 Å². The Morgan fingerprint density at radius 3 is 2.84 bits per heavy atom. The second kappa shape index (κ2) is 9.36. The fraction of sp³-hybridized carbons (Fsp3) is 0.478. The zero-order valence-electron chi connectivity index (χ0n) is 17.6. The van der Waals surface area contributed by atoms with E-state index < -0.39 is 10.0 Å². The number of aromatic nitrogens is 1. The highest BCUT2D eigenvalue weighted by molar-refractivity contribution is 7.89. The highest BCUT2D eigenvalue weighted by Gasteiger charge is 2.33. The number of hydrogen-bond donors (Lipinski definition) is 2. The molecule has 1 aliphatic heterocycles. The van der Waals surface area contributed by atoms with Gasteiger partial charge >= 0.3 is 0 Å². The third-order valence-electron chi connectivity index (χ3n) is 6.22. The van der Waals surface area contributed by atoms with E-state index in [-0.39, 0.29) is 28.8 Å². The van der Waals surface area contributed by atoms with Crippen LogP contribution in [0.5, 0.6) is 0 Å². The molecule has 0 unspecified atom stereocenters. The van der Waals surface area contributed by atoms with Crippen LogP contribution in [-0.2, 0) is 14.8 Å². The number of carbonyl (C=O) groups excluding carboxylic acids is 1. The minimum absolute atomic E-state index is 0.0626. The van der Waals surface area contributed by atoms with E-state index in [0.29, 0.717) is 36.8 Å². The van der Waals surface area contributed by atoms with Gasteiger partial charge in [0.1, 0.15) is 0 Å². The Bertz CT molecular complexity index is 1150. The van der Waals surface area contributed by atoms with E-state index in [1.807, 2.05) is 0 Å². The SMILES string of the molecule is O=C(NCCC1=CCCCC1)[C@@H]1CCCN(S(=O)(=O)c2ccc3[nH]c(=O)ccc3c2)C1. The third-order valence-corrected chi connectivity index (χ3v) is 8.08. The molecule has 2 aliphatic rings. The summed E-state index contributed by atoms with van der Waals surface area (Å²) in [5, 5.41) is 3.66. The summed E-state index contributed by atoms with van der Waals surface area (Å²) < 4.78 is 27.8. The van der Waals surface area contributed by atoms with E-state index >= 15 is 0 Å². The minimum atomic E-state index is -3.72. The Kier molecular flexibility index (Phi) is 6.57.